The number of aryl methyl sites for hydroxylation is 1. The van der Waals surface area contributed by atoms with Crippen molar-refractivity contribution in [1.82, 2.24) is 14.8 Å². The van der Waals surface area contributed by atoms with Crippen LogP contribution in [0.2, 0.25) is 5.02 Å². The molecule has 262 valence electrons. The quantitative estimate of drug-likeness (QED) is 0.111. The van der Waals surface area contributed by atoms with E-state index in [0.717, 1.165) is 80.2 Å². The van der Waals surface area contributed by atoms with Gasteiger partial charge in [-0.15, -0.1) is 0 Å². The highest BCUT2D eigenvalue weighted by Gasteiger charge is 2.39. The number of ether oxygens (including phenoxy) is 3. The third-order valence-electron chi connectivity index (χ3n) is 8.98. The number of unbranched alkanes of at least 4 members (excludes halogenated alkanes) is 1. The van der Waals surface area contributed by atoms with Crippen molar-refractivity contribution in [1.29, 1.82) is 0 Å². The van der Waals surface area contributed by atoms with Crippen LogP contribution in [0.3, 0.4) is 0 Å². The maximum absolute atomic E-state index is 13.0. The molecule has 3 heterocycles. The monoisotopic (exact) mass is 698 g/mol. The molecule has 0 N–H and O–H groups in total. The van der Waals surface area contributed by atoms with E-state index < -0.39 is 12.2 Å². The van der Waals surface area contributed by atoms with Gasteiger partial charge < -0.3 is 23.5 Å². The van der Waals surface area contributed by atoms with Crippen molar-refractivity contribution in [2.45, 2.75) is 44.8 Å². The van der Waals surface area contributed by atoms with Gasteiger partial charge in [0.2, 0.25) is 5.89 Å². The van der Waals surface area contributed by atoms with Crippen molar-refractivity contribution in [2.75, 3.05) is 51.3 Å². The number of carbonyl (C=O) groups is 2. The van der Waals surface area contributed by atoms with E-state index in [9.17, 15) is 9.59 Å². The molecule has 0 spiro atoms. The molecule has 1 atom stereocenters. The number of piperazine rings is 1. The van der Waals surface area contributed by atoms with Gasteiger partial charge in [0.1, 0.15) is 18.6 Å². The lowest BCUT2D eigenvalue weighted by molar-refractivity contribution is -0.130. The molecule has 10 nitrogen and oxygen atoms in total. The lowest BCUT2D eigenvalue weighted by atomic mass is 10.0. The molecule has 4 aromatic rings. The first-order valence-corrected chi connectivity index (χ1v) is 17.5. The molecule has 2 saturated heterocycles. The van der Waals surface area contributed by atoms with Crippen LogP contribution in [0.4, 0.5) is 10.5 Å². The van der Waals surface area contributed by atoms with E-state index in [2.05, 4.69) is 20.9 Å². The van der Waals surface area contributed by atoms with Gasteiger partial charge in [0.05, 0.1) is 7.11 Å². The molecule has 50 heavy (non-hydrogen) atoms. The molecular formula is C39H43ClN4O6. The first-order chi connectivity index (χ1) is 24.4. The van der Waals surface area contributed by atoms with Gasteiger partial charge in [-0.25, -0.2) is 14.7 Å². The van der Waals surface area contributed by atoms with Gasteiger partial charge in [0.15, 0.2) is 17.6 Å². The second-order valence-electron chi connectivity index (χ2n) is 12.5. The third kappa shape index (κ3) is 9.46. The minimum Gasteiger partial charge on any atom is -0.493 e. The van der Waals surface area contributed by atoms with Crippen LogP contribution in [0.5, 0.6) is 11.5 Å². The molecule has 1 aromatic heterocycles. The second-order valence-corrected chi connectivity index (χ2v) is 12.9. The van der Waals surface area contributed by atoms with E-state index in [1.807, 2.05) is 78.9 Å². The van der Waals surface area contributed by atoms with Crippen molar-refractivity contribution in [3.8, 4) is 11.5 Å². The van der Waals surface area contributed by atoms with Gasteiger partial charge in [-0.1, -0.05) is 54.1 Å². The number of hydrogen-bond acceptors (Lipinski definition) is 9. The average molecular weight is 699 g/mol. The molecule has 0 aliphatic carbocycles. The van der Waals surface area contributed by atoms with Gasteiger partial charge in [-0.05, 0) is 86.2 Å². The molecule has 2 aliphatic rings. The number of anilines is 1. The SMILES string of the molecule is COc1ccc(CCCCC2OC(=O)N(CCCN3CCN(c4cccc(Cl)c4)CC3)C2=O)cc1OCc1coc(/C=C/c2ccccc2)n1. The Balaban J connectivity index is 0.899. The fourth-order valence-corrected chi connectivity index (χ4v) is 6.42. The maximum atomic E-state index is 13.0. The Morgan fingerprint density at radius 3 is 2.54 bits per heavy atom. The number of methoxy groups -OCH3 is 1. The average Bonchev–Trinajstić information content (AvgIpc) is 3.71. The van der Waals surface area contributed by atoms with E-state index in [1.54, 1.807) is 13.4 Å². The number of hydrogen-bond donors (Lipinski definition) is 0. The zero-order valence-corrected chi connectivity index (χ0v) is 29.1. The number of amides is 2. The molecule has 2 aliphatic heterocycles. The molecular weight excluding hydrogens is 656 g/mol. The van der Waals surface area contributed by atoms with Crippen LogP contribution in [0.1, 0.15) is 48.4 Å². The summed E-state index contributed by atoms with van der Waals surface area (Å²) in [6.45, 7) is 5.09. The lowest BCUT2D eigenvalue weighted by Crippen LogP contribution is -2.47. The molecule has 2 fully saturated rings. The topological polar surface area (TPSA) is 97.6 Å². The van der Waals surface area contributed by atoms with E-state index >= 15 is 0 Å². The van der Waals surface area contributed by atoms with Crippen molar-refractivity contribution in [3.05, 3.63) is 107 Å². The summed E-state index contributed by atoms with van der Waals surface area (Å²) in [7, 11) is 1.61. The largest absolute Gasteiger partial charge is 0.493 e. The van der Waals surface area contributed by atoms with Crippen LogP contribution in [-0.2, 0) is 22.6 Å². The summed E-state index contributed by atoms with van der Waals surface area (Å²) < 4.78 is 22.6. The molecule has 11 heteroatoms. The summed E-state index contributed by atoms with van der Waals surface area (Å²) >= 11 is 6.16. The molecule has 2 amide bonds. The molecule has 1 unspecified atom stereocenters. The molecule has 6 rings (SSSR count). The highest BCUT2D eigenvalue weighted by molar-refractivity contribution is 6.30. The van der Waals surface area contributed by atoms with Gasteiger partial charge in [0, 0.05) is 49.5 Å². The number of benzene rings is 3. The van der Waals surface area contributed by atoms with Crippen LogP contribution in [0, 0.1) is 0 Å². The number of rotatable bonds is 16. The Kier molecular flexibility index (Phi) is 12.1. The second kappa shape index (κ2) is 17.2. The number of carbonyl (C=O) groups excluding carboxylic acids is 2. The molecule has 3 aromatic carbocycles. The van der Waals surface area contributed by atoms with E-state index in [-0.39, 0.29) is 12.5 Å². The summed E-state index contributed by atoms with van der Waals surface area (Å²) in [5.74, 6) is 1.52. The fourth-order valence-electron chi connectivity index (χ4n) is 6.24. The Labute approximate surface area is 298 Å². The number of imide groups is 1. The summed E-state index contributed by atoms with van der Waals surface area (Å²) in [6.07, 6.45) is 7.68. The number of cyclic esters (lactones) is 1. The Morgan fingerprint density at radius 1 is 0.900 bits per heavy atom. The van der Waals surface area contributed by atoms with Gasteiger partial charge in [-0.2, -0.15) is 0 Å². The van der Waals surface area contributed by atoms with Gasteiger partial charge in [-0.3, -0.25) is 9.69 Å². The Hall–Kier alpha value is -4.80. The number of oxazole rings is 1. The first kappa shape index (κ1) is 35.0. The van der Waals surface area contributed by atoms with Crippen LogP contribution in [0.15, 0.2) is 83.5 Å². The molecule has 0 radical (unpaired) electrons. The highest BCUT2D eigenvalue weighted by atomic mass is 35.5. The van der Waals surface area contributed by atoms with Gasteiger partial charge >= 0.3 is 6.09 Å². The zero-order valence-electron chi connectivity index (χ0n) is 28.3. The van der Waals surface area contributed by atoms with Crippen molar-refractivity contribution < 1.29 is 28.2 Å². The number of halogens is 1. The van der Waals surface area contributed by atoms with Crippen molar-refractivity contribution >= 4 is 41.4 Å². The van der Waals surface area contributed by atoms with E-state index in [0.29, 0.717) is 36.0 Å². The molecule has 0 bridgehead atoms. The zero-order chi connectivity index (χ0) is 34.7. The predicted octanol–water partition coefficient (Wildman–Crippen LogP) is 7.36. The maximum Gasteiger partial charge on any atom is 0.417 e. The smallest absolute Gasteiger partial charge is 0.417 e. The first-order valence-electron chi connectivity index (χ1n) is 17.2. The summed E-state index contributed by atoms with van der Waals surface area (Å²) in [5.41, 5.74) is 3.95. The normalized spacial score (nSPS) is 16.7. The lowest BCUT2D eigenvalue weighted by Gasteiger charge is -2.36. The summed E-state index contributed by atoms with van der Waals surface area (Å²) in [5, 5.41) is 0.741. The number of aromatic nitrogens is 1. The third-order valence-corrected chi connectivity index (χ3v) is 9.21. The van der Waals surface area contributed by atoms with Crippen molar-refractivity contribution in [2.24, 2.45) is 0 Å². The van der Waals surface area contributed by atoms with Crippen molar-refractivity contribution in [3.63, 3.8) is 0 Å². The minimum absolute atomic E-state index is 0.229. The fraction of sp³-hybridized carbons (Fsp3) is 0.359. The number of nitrogens with zero attached hydrogens (tertiary/aromatic N) is 4. The predicted molar refractivity (Wildman–Crippen MR) is 193 cm³/mol. The molecule has 0 saturated carbocycles. The summed E-state index contributed by atoms with van der Waals surface area (Å²) in [4.78, 5) is 36.0. The standard InChI is InChI=1S/C39H43ClN4O6/c1-47-34-17-15-30(25-36(34)48-27-32-28-49-37(41-32)18-16-29-9-3-2-4-10-29)11-5-6-14-35-38(45)44(39(46)50-35)20-8-19-42-21-23-43(24-22-42)33-13-7-12-31(40)26-33/h2-4,7,9-10,12-13,15-18,25-26,28,35H,5-6,8,11,14,19-24,27H2,1H3/b18-16+. The van der Waals surface area contributed by atoms with Crippen LogP contribution in [0.25, 0.3) is 12.2 Å². The minimum atomic E-state index is -0.714. The van der Waals surface area contributed by atoms with E-state index in [4.69, 9.17) is 30.2 Å². The Bertz CT molecular complexity index is 1750. The summed E-state index contributed by atoms with van der Waals surface area (Å²) in [6, 6.07) is 23.7. The van der Waals surface area contributed by atoms with Gasteiger partial charge in [0.25, 0.3) is 5.91 Å². The van der Waals surface area contributed by atoms with Crippen LogP contribution in [-0.4, -0.2) is 79.3 Å². The van der Waals surface area contributed by atoms with Crippen LogP contribution < -0.4 is 14.4 Å². The Morgan fingerprint density at radius 2 is 1.74 bits per heavy atom. The van der Waals surface area contributed by atoms with Crippen LogP contribution >= 0.6 is 11.6 Å². The highest BCUT2D eigenvalue weighted by Crippen LogP contribution is 2.30. The van der Waals surface area contributed by atoms with E-state index in [1.165, 1.54) is 4.90 Å².